The Morgan fingerprint density at radius 1 is 0.957 bits per heavy atom. The molecule has 240 valence electrons. The average Bonchev–Trinajstić information content (AvgIpc) is 3.67. The summed E-state index contributed by atoms with van der Waals surface area (Å²) in [6.45, 7) is 6.68. The van der Waals surface area contributed by atoms with Crippen LogP contribution in [-0.4, -0.2) is 42.9 Å². The van der Waals surface area contributed by atoms with Gasteiger partial charge in [-0.2, -0.15) is 0 Å². The number of carbonyl (C=O) groups is 1. The smallest absolute Gasteiger partial charge is 0.329 e. The minimum absolute atomic E-state index is 0.0408. The number of sulfonamides is 1. The third-order valence-corrected chi connectivity index (χ3v) is 10.5. The Morgan fingerprint density at radius 3 is 2.28 bits per heavy atom. The number of rotatable bonds is 10. The average molecular weight is 683 g/mol. The Kier molecular flexibility index (Phi) is 8.47. The lowest BCUT2D eigenvalue weighted by molar-refractivity contribution is 0.240. The van der Waals surface area contributed by atoms with Crippen LogP contribution in [0.15, 0.2) is 71.8 Å². The van der Waals surface area contributed by atoms with E-state index in [0.717, 1.165) is 33.0 Å². The van der Waals surface area contributed by atoms with Crippen molar-refractivity contribution in [2.45, 2.75) is 50.5 Å². The van der Waals surface area contributed by atoms with Gasteiger partial charge in [-0.1, -0.05) is 65.7 Å². The summed E-state index contributed by atoms with van der Waals surface area (Å²) in [6, 6.07) is 17.1. The summed E-state index contributed by atoms with van der Waals surface area (Å²) in [5.74, 6) is 1.32. The molecule has 0 aliphatic heterocycles. The molecule has 6 rings (SSSR count). The van der Waals surface area contributed by atoms with Gasteiger partial charge in [0.05, 0.1) is 39.7 Å². The van der Waals surface area contributed by atoms with Gasteiger partial charge >= 0.3 is 6.03 Å². The first-order valence-electron chi connectivity index (χ1n) is 14.9. The van der Waals surface area contributed by atoms with Crippen molar-refractivity contribution in [2.75, 3.05) is 13.2 Å². The maximum absolute atomic E-state index is 12.8. The van der Waals surface area contributed by atoms with Gasteiger partial charge < -0.3 is 19.9 Å². The van der Waals surface area contributed by atoms with E-state index in [1.165, 1.54) is 18.2 Å². The number of carbonyl (C=O) groups excluding carboxylic acids is 1. The molecule has 5 aromatic rings. The number of aromatic nitrogens is 1. The highest BCUT2D eigenvalue weighted by molar-refractivity contribution is 7.90. The molecule has 9 nitrogen and oxygen atoms in total. The topological polar surface area (TPSA) is 119 Å². The zero-order valence-electron chi connectivity index (χ0n) is 25.5. The summed E-state index contributed by atoms with van der Waals surface area (Å²) in [7, 11) is -4.24. The van der Waals surface area contributed by atoms with E-state index < -0.39 is 21.6 Å². The second-order valence-corrected chi connectivity index (χ2v) is 13.8. The molecule has 1 saturated carbocycles. The fraction of sp³-hybridized carbons (Fsp3) is 0.265. The van der Waals surface area contributed by atoms with Crippen LogP contribution in [0.25, 0.3) is 27.2 Å². The SMILES string of the molecule is CCOc1c2ccccc2c(OCC)c2c(O)n(-c3ccc(CC4(NC(=O)NS(=O)(=O)c5cccc(Cl)c5Cl)CC4)cc3C)cc12. The van der Waals surface area contributed by atoms with Crippen molar-refractivity contribution in [1.29, 1.82) is 0 Å². The summed E-state index contributed by atoms with van der Waals surface area (Å²) in [4.78, 5) is 12.5. The second kappa shape index (κ2) is 12.2. The van der Waals surface area contributed by atoms with Crippen LogP contribution in [0, 0.1) is 6.92 Å². The summed E-state index contributed by atoms with van der Waals surface area (Å²) in [6.07, 6.45) is 3.74. The molecule has 3 N–H and O–H groups in total. The number of ether oxygens (including phenoxy) is 2. The molecule has 2 amide bonds. The molecule has 1 heterocycles. The molecule has 1 fully saturated rings. The number of aromatic hydroxyl groups is 1. The van der Waals surface area contributed by atoms with Crippen molar-refractivity contribution in [1.82, 2.24) is 14.6 Å². The molecule has 4 aromatic carbocycles. The zero-order valence-corrected chi connectivity index (χ0v) is 27.8. The lowest BCUT2D eigenvalue weighted by Gasteiger charge is -2.19. The zero-order chi connectivity index (χ0) is 32.8. The van der Waals surface area contributed by atoms with Crippen LogP contribution in [0.4, 0.5) is 4.79 Å². The lowest BCUT2D eigenvalue weighted by Crippen LogP contribution is -2.46. The number of halogens is 2. The molecule has 1 aromatic heterocycles. The number of hydrogen-bond donors (Lipinski definition) is 3. The molecule has 0 atom stereocenters. The fourth-order valence-electron chi connectivity index (χ4n) is 5.95. The molecule has 1 aliphatic rings. The van der Waals surface area contributed by atoms with Gasteiger partial charge in [0.25, 0.3) is 10.0 Å². The van der Waals surface area contributed by atoms with Gasteiger partial charge in [-0.3, -0.25) is 4.57 Å². The minimum atomic E-state index is -4.24. The molecule has 0 saturated heterocycles. The van der Waals surface area contributed by atoms with Crippen molar-refractivity contribution in [2.24, 2.45) is 0 Å². The van der Waals surface area contributed by atoms with Crippen molar-refractivity contribution in [3.05, 3.63) is 88.0 Å². The van der Waals surface area contributed by atoms with Crippen LogP contribution in [0.2, 0.25) is 10.0 Å². The number of hydrogen-bond acceptors (Lipinski definition) is 6. The van der Waals surface area contributed by atoms with Crippen LogP contribution in [0.1, 0.15) is 37.8 Å². The Balaban J connectivity index is 1.27. The predicted molar refractivity (Wildman–Crippen MR) is 181 cm³/mol. The molecule has 0 bridgehead atoms. The quantitative estimate of drug-likeness (QED) is 0.139. The van der Waals surface area contributed by atoms with Crippen LogP contribution >= 0.6 is 23.2 Å². The highest BCUT2D eigenvalue weighted by Crippen LogP contribution is 2.48. The first kappa shape index (κ1) is 31.8. The first-order valence-corrected chi connectivity index (χ1v) is 17.2. The molecule has 1 aliphatic carbocycles. The maximum Gasteiger partial charge on any atom is 0.329 e. The highest BCUT2D eigenvalue weighted by atomic mass is 35.5. The molecular weight excluding hydrogens is 649 g/mol. The van der Waals surface area contributed by atoms with E-state index in [0.29, 0.717) is 49.4 Å². The van der Waals surface area contributed by atoms with E-state index >= 15 is 0 Å². The second-order valence-electron chi connectivity index (χ2n) is 11.4. The van der Waals surface area contributed by atoms with Crippen molar-refractivity contribution >= 4 is 60.8 Å². The number of nitrogens with zero attached hydrogens (tertiary/aromatic N) is 1. The molecule has 46 heavy (non-hydrogen) atoms. The number of amides is 2. The van der Waals surface area contributed by atoms with Gasteiger partial charge in [-0.25, -0.2) is 17.9 Å². The summed E-state index contributed by atoms with van der Waals surface area (Å²) < 4.78 is 41.6. The molecule has 0 spiro atoms. The van der Waals surface area contributed by atoms with E-state index in [1.807, 2.05) is 74.2 Å². The third kappa shape index (κ3) is 5.81. The predicted octanol–water partition coefficient (Wildman–Crippen LogP) is 7.67. The van der Waals surface area contributed by atoms with Gasteiger partial charge in [-0.15, -0.1) is 0 Å². The van der Waals surface area contributed by atoms with Gasteiger partial charge in [0.1, 0.15) is 16.4 Å². The van der Waals surface area contributed by atoms with E-state index in [4.69, 9.17) is 32.7 Å². The number of fused-ring (bicyclic) bond motifs is 2. The Morgan fingerprint density at radius 2 is 1.63 bits per heavy atom. The summed E-state index contributed by atoms with van der Waals surface area (Å²) in [5, 5.41) is 17.4. The summed E-state index contributed by atoms with van der Waals surface area (Å²) >= 11 is 12.0. The first-order chi connectivity index (χ1) is 22.0. The Labute approximate surface area is 277 Å². The molecule has 0 unspecified atom stereocenters. The maximum atomic E-state index is 12.8. The standard InChI is InChI=1S/C34H33Cl2N3O6S/c1-4-44-30-22-9-6-7-10-23(22)31(45-5-2)28-24(30)19-39(32(28)40)26-14-13-21(17-20(26)3)18-34(15-16-34)37-33(41)38-46(42,43)27-12-8-11-25(35)29(27)36/h6-14,17,19,40H,4-5,15-16,18H2,1-3H3,(H2,37,38,41). The molecular formula is C34H33Cl2N3O6S. The fourth-order valence-corrected chi connectivity index (χ4v) is 7.62. The minimum Gasteiger partial charge on any atom is -0.494 e. The van der Waals surface area contributed by atoms with Gasteiger partial charge in [0, 0.05) is 22.5 Å². The Hall–Kier alpha value is -4.12. The number of benzene rings is 4. The van der Waals surface area contributed by atoms with E-state index in [1.54, 1.807) is 4.57 Å². The van der Waals surface area contributed by atoms with Crippen LogP contribution < -0.4 is 19.5 Å². The van der Waals surface area contributed by atoms with Crippen molar-refractivity contribution in [3.63, 3.8) is 0 Å². The van der Waals surface area contributed by atoms with Gasteiger partial charge in [0.15, 0.2) is 0 Å². The van der Waals surface area contributed by atoms with E-state index in [-0.39, 0.29) is 20.8 Å². The lowest BCUT2D eigenvalue weighted by atomic mass is 10.0. The number of urea groups is 1. The largest absolute Gasteiger partial charge is 0.494 e. The van der Waals surface area contributed by atoms with Crippen LogP contribution in [0.3, 0.4) is 0 Å². The van der Waals surface area contributed by atoms with E-state index in [9.17, 15) is 18.3 Å². The van der Waals surface area contributed by atoms with Crippen LogP contribution in [0.5, 0.6) is 17.4 Å². The highest BCUT2D eigenvalue weighted by Gasteiger charge is 2.44. The van der Waals surface area contributed by atoms with E-state index in [2.05, 4.69) is 5.32 Å². The van der Waals surface area contributed by atoms with Crippen molar-refractivity contribution < 1.29 is 27.8 Å². The van der Waals surface area contributed by atoms with Crippen molar-refractivity contribution in [3.8, 4) is 23.1 Å². The third-order valence-electron chi connectivity index (χ3n) is 8.17. The number of aryl methyl sites for hydroxylation is 1. The Bertz CT molecular complexity index is 2110. The molecule has 12 heteroatoms. The number of nitrogens with one attached hydrogen (secondary N) is 2. The monoisotopic (exact) mass is 681 g/mol. The normalized spacial score (nSPS) is 13.9. The molecule has 0 radical (unpaired) electrons. The van der Waals surface area contributed by atoms with Gasteiger partial charge in [-0.05, 0) is 69.4 Å². The summed E-state index contributed by atoms with van der Waals surface area (Å²) in [5.41, 5.74) is 2.03. The van der Waals surface area contributed by atoms with Crippen LogP contribution in [-0.2, 0) is 16.4 Å². The van der Waals surface area contributed by atoms with Gasteiger partial charge in [0.2, 0.25) is 5.88 Å².